The van der Waals surface area contributed by atoms with E-state index in [4.69, 9.17) is 5.73 Å². The number of rotatable bonds is 5. The van der Waals surface area contributed by atoms with Gasteiger partial charge in [0.1, 0.15) is 0 Å². The Bertz CT molecular complexity index is 474. The number of carbonyl (C=O) groups excluding carboxylic acids is 2. The van der Waals surface area contributed by atoms with Crippen LogP contribution in [0.3, 0.4) is 0 Å². The zero-order valence-corrected chi connectivity index (χ0v) is 10.8. The lowest BCUT2D eigenvalue weighted by Gasteiger charge is -2.09. The minimum absolute atomic E-state index is 0.185. The minimum Gasteiger partial charge on any atom is -0.465 e. The fourth-order valence-electron chi connectivity index (χ4n) is 1.33. The number of thiocarbonyl (C=S) groups is 1. The molecule has 0 heterocycles. The fourth-order valence-corrected chi connectivity index (χ4v) is 1.43. The van der Waals surface area contributed by atoms with Crippen molar-refractivity contribution in [1.82, 2.24) is 0 Å². The number of methoxy groups -OCH3 is 1. The van der Waals surface area contributed by atoms with Crippen LogP contribution < -0.4 is 11.1 Å². The van der Waals surface area contributed by atoms with Crippen molar-refractivity contribution in [3.63, 3.8) is 0 Å². The number of nitrogens with two attached hydrogens (primary N) is 1. The highest BCUT2D eigenvalue weighted by Crippen LogP contribution is 2.16. The van der Waals surface area contributed by atoms with Gasteiger partial charge in [-0.25, -0.2) is 4.79 Å². The summed E-state index contributed by atoms with van der Waals surface area (Å²) in [6.45, 7) is 0. The van der Waals surface area contributed by atoms with E-state index in [1.54, 1.807) is 24.3 Å². The Labute approximate surface area is 110 Å². The van der Waals surface area contributed by atoms with E-state index >= 15 is 0 Å². The fraction of sp³-hybridized carbons (Fsp3) is 0.250. The quantitative estimate of drug-likeness (QED) is 0.623. The van der Waals surface area contributed by atoms with Gasteiger partial charge in [-0.3, -0.25) is 4.79 Å². The van der Waals surface area contributed by atoms with Gasteiger partial charge in [0.15, 0.2) is 0 Å². The zero-order chi connectivity index (χ0) is 13.5. The Balaban J connectivity index is 2.75. The average molecular weight is 266 g/mol. The summed E-state index contributed by atoms with van der Waals surface area (Å²) in [6.07, 6.45) is 0.520. The summed E-state index contributed by atoms with van der Waals surface area (Å²) in [6, 6.07) is 6.62. The zero-order valence-electron chi connectivity index (χ0n) is 9.93. The van der Waals surface area contributed by atoms with Crippen molar-refractivity contribution in [2.75, 3.05) is 12.4 Å². The third-order valence-corrected chi connectivity index (χ3v) is 2.41. The summed E-state index contributed by atoms with van der Waals surface area (Å²) in [4.78, 5) is 23.4. The smallest absolute Gasteiger partial charge is 0.339 e. The molecule has 0 spiro atoms. The van der Waals surface area contributed by atoms with Gasteiger partial charge in [0.2, 0.25) is 5.91 Å². The van der Waals surface area contributed by atoms with Crippen LogP contribution in [0, 0.1) is 0 Å². The lowest BCUT2D eigenvalue weighted by molar-refractivity contribution is -0.116. The SMILES string of the molecule is COC(=O)c1ccccc1NC(=O)CCC(N)=S. The molecule has 0 atom stereocenters. The number of hydrogen-bond acceptors (Lipinski definition) is 4. The summed E-state index contributed by atoms with van der Waals surface area (Å²) >= 11 is 4.69. The molecule has 1 amide bonds. The number of esters is 1. The lowest BCUT2D eigenvalue weighted by Crippen LogP contribution is -2.17. The molecule has 0 aliphatic heterocycles. The molecule has 1 aromatic carbocycles. The van der Waals surface area contributed by atoms with E-state index < -0.39 is 5.97 Å². The number of hydrogen-bond donors (Lipinski definition) is 2. The van der Waals surface area contributed by atoms with E-state index in [0.717, 1.165) is 0 Å². The molecular weight excluding hydrogens is 252 g/mol. The van der Waals surface area contributed by atoms with Crippen LogP contribution in [-0.2, 0) is 9.53 Å². The van der Waals surface area contributed by atoms with Crippen molar-refractivity contribution >= 4 is 34.8 Å². The number of anilines is 1. The second kappa shape index (κ2) is 6.70. The van der Waals surface area contributed by atoms with E-state index in [0.29, 0.717) is 17.7 Å². The van der Waals surface area contributed by atoms with Gasteiger partial charge in [0.05, 0.1) is 23.3 Å². The van der Waals surface area contributed by atoms with Crippen molar-refractivity contribution in [2.24, 2.45) is 5.73 Å². The predicted molar refractivity (Wildman–Crippen MR) is 72.4 cm³/mol. The maximum atomic E-state index is 11.6. The summed E-state index contributed by atoms with van der Waals surface area (Å²) in [5.74, 6) is -0.751. The monoisotopic (exact) mass is 266 g/mol. The van der Waals surface area contributed by atoms with Gasteiger partial charge in [0, 0.05) is 12.8 Å². The van der Waals surface area contributed by atoms with E-state index in [2.05, 4.69) is 22.3 Å². The largest absolute Gasteiger partial charge is 0.465 e. The van der Waals surface area contributed by atoms with Gasteiger partial charge in [0.25, 0.3) is 0 Å². The molecule has 0 aliphatic rings. The first-order chi connectivity index (χ1) is 8.54. The summed E-state index contributed by atoms with van der Waals surface area (Å²) < 4.78 is 4.63. The van der Waals surface area contributed by atoms with Crippen LogP contribution in [0.1, 0.15) is 23.2 Å². The molecule has 0 unspecified atom stereocenters. The molecule has 1 aromatic rings. The summed E-state index contributed by atoms with van der Waals surface area (Å²) in [5.41, 5.74) is 6.03. The molecule has 18 heavy (non-hydrogen) atoms. The first kappa shape index (κ1) is 14.1. The maximum Gasteiger partial charge on any atom is 0.339 e. The standard InChI is InChI=1S/C12H14N2O3S/c1-17-12(16)8-4-2-3-5-9(8)14-11(15)7-6-10(13)18/h2-5H,6-7H2,1H3,(H2,13,18)(H,14,15). The van der Waals surface area contributed by atoms with Crippen LogP contribution in [0.5, 0.6) is 0 Å². The number of carbonyl (C=O) groups is 2. The molecule has 0 saturated heterocycles. The first-order valence-electron chi connectivity index (χ1n) is 5.30. The van der Waals surface area contributed by atoms with Crippen LogP contribution in [0.15, 0.2) is 24.3 Å². The summed E-state index contributed by atoms with van der Waals surface area (Å²) in [5, 5.41) is 2.63. The number of nitrogens with one attached hydrogen (secondary N) is 1. The highest BCUT2D eigenvalue weighted by molar-refractivity contribution is 7.80. The molecule has 6 heteroatoms. The summed E-state index contributed by atoms with van der Waals surface area (Å²) in [7, 11) is 1.29. The third-order valence-electron chi connectivity index (χ3n) is 2.20. The second-order valence-electron chi connectivity index (χ2n) is 3.55. The van der Waals surface area contributed by atoms with Gasteiger partial charge in [-0.15, -0.1) is 0 Å². The van der Waals surface area contributed by atoms with Gasteiger partial charge >= 0.3 is 5.97 Å². The number of ether oxygens (including phenoxy) is 1. The van der Waals surface area contributed by atoms with Gasteiger partial charge in [-0.1, -0.05) is 24.4 Å². The van der Waals surface area contributed by atoms with Crippen LogP contribution in [0.25, 0.3) is 0 Å². The topological polar surface area (TPSA) is 81.4 Å². The molecule has 1 rings (SSSR count). The number of para-hydroxylation sites is 1. The van der Waals surface area contributed by atoms with Crippen molar-refractivity contribution in [1.29, 1.82) is 0 Å². The van der Waals surface area contributed by atoms with Gasteiger partial charge in [-0.2, -0.15) is 0 Å². The van der Waals surface area contributed by atoms with Crippen molar-refractivity contribution < 1.29 is 14.3 Å². The van der Waals surface area contributed by atoms with Crippen LogP contribution >= 0.6 is 12.2 Å². The Morgan fingerprint density at radius 3 is 2.61 bits per heavy atom. The molecule has 0 radical (unpaired) electrons. The third kappa shape index (κ3) is 4.14. The predicted octanol–water partition coefficient (Wildman–Crippen LogP) is 1.48. The van der Waals surface area contributed by atoms with Crippen LogP contribution in [0.4, 0.5) is 5.69 Å². The average Bonchev–Trinajstić information content (AvgIpc) is 2.36. The molecule has 0 bridgehead atoms. The molecule has 0 aliphatic carbocycles. The molecular formula is C12H14N2O3S. The normalized spacial score (nSPS) is 9.61. The highest BCUT2D eigenvalue weighted by atomic mass is 32.1. The molecule has 3 N–H and O–H groups in total. The highest BCUT2D eigenvalue weighted by Gasteiger charge is 2.12. The Hall–Kier alpha value is -1.95. The van der Waals surface area contributed by atoms with E-state index in [9.17, 15) is 9.59 Å². The first-order valence-corrected chi connectivity index (χ1v) is 5.71. The van der Waals surface area contributed by atoms with Crippen molar-refractivity contribution in [2.45, 2.75) is 12.8 Å². The Kier molecular flexibility index (Phi) is 5.26. The maximum absolute atomic E-state index is 11.6. The van der Waals surface area contributed by atoms with E-state index in [1.807, 2.05) is 0 Å². The van der Waals surface area contributed by atoms with Gasteiger partial charge in [-0.05, 0) is 12.1 Å². The van der Waals surface area contributed by atoms with Crippen molar-refractivity contribution in [3.8, 4) is 0 Å². The van der Waals surface area contributed by atoms with E-state index in [-0.39, 0.29) is 17.3 Å². The van der Waals surface area contributed by atoms with Crippen molar-refractivity contribution in [3.05, 3.63) is 29.8 Å². The van der Waals surface area contributed by atoms with Crippen LogP contribution in [-0.4, -0.2) is 24.0 Å². The molecule has 0 fully saturated rings. The molecule has 0 saturated carbocycles. The molecule has 5 nitrogen and oxygen atoms in total. The lowest BCUT2D eigenvalue weighted by atomic mass is 10.1. The second-order valence-corrected chi connectivity index (χ2v) is 4.08. The van der Waals surface area contributed by atoms with E-state index in [1.165, 1.54) is 7.11 Å². The van der Waals surface area contributed by atoms with Crippen LogP contribution in [0.2, 0.25) is 0 Å². The Morgan fingerprint density at radius 2 is 2.00 bits per heavy atom. The van der Waals surface area contributed by atoms with Gasteiger partial charge < -0.3 is 15.8 Å². The Morgan fingerprint density at radius 1 is 1.33 bits per heavy atom. The number of amides is 1. The number of benzene rings is 1. The molecule has 96 valence electrons. The minimum atomic E-state index is -0.500. The molecule has 0 aromatic heterocycles.